The standard InChI is InChI=1S/C4H10O4Se/c1-4(2)3-8-9(5,6)7/h4H,3H2,1-2H3,(H,5,6,7). The van der Waals surface area contributed by atoms with Crippen molar-refractivity contribution in [1.82, 2.24) is 0 Å². The van der Waals surface area contributed by atoms with Crippen LogP contribution in [0.4, 0.5) is 0 Å². The van der Waals surface area contributed by atoms with E-state index in [0.29, 0.717) is 0 Å². The summed E-state index contributed by atoms with van der Waals surface area (Å²) in [5.74, 6) is 0.122. The average Bonchev–Trinajstić information content (AvgIpc) is 1.59. The summed E-state index contributed by atoms with van der Waals surface area (Å²) in [4.78, 5) is 0. The Bertz CT molecular complexity index is 157. The van der Waals surface area contributed by atoms with Crippen molar-refractivity contribution in [3.63, 3.8) is 0 Å². The fraction of sp³-hybridized carbons (Fsp3) is 1.00. The van der Waals surface area contributed by atoms with Gasteiger partial charge in [-0.25, -0.2) is 0 Å². The van der Waals surface area contributed by atoms with Crippen LogP contribution in [0.25, 0.3) is 0 Å². The van der Waals surface area contributed by atoms with Crippen LogP contribution >= 0.6 is 0 Å². The molecule has 0 aromatic heterocycles. The Morgan fingerprint density at radius 3 is 2.11 bits per heavy atom. The third-order valence-corrected chi connectivity index (χ3v) is 1.46. The van der Waals surface area contributed by atoms with Gasteiger partial charge < -0.3 is 0 Å². The van der Waals surface area contributed by atoms with Gasteiger partial charge in [0.15, 0.2) is 0 Å². The Balaban J connectivity index is 3.53. The quantitative estimate of drug-likeness (QED) is 0.650. The first-order chi connectivity index (χ1) is 3.92. The monoisotopic (exact) mass is 202 g/mol. The normalized spacial score (nSPS) is 12.4. The zero-order valence-corrected chi connectivity index (χ0v) is 7.08. The number of hydrogen-bond acceptors (Lipinski definition) is 3. The molecule has 0 unspecified atom stereocenters. The molecule has 1 N–H and O–H groups in total. The molecule has 0 radical (unpaired) electrons. The molecular formula is C4H10O4Se. The predicted molar refractivity (Wildman–Crippen MR) is 30.1 cm³/mol. The minimum atomic E-state index is -4.88. The van der Waals surface area contributed by atoms with Crippen LogP contribution < -0.4 is 0 Å². The maximum atomic E-state index is 9.94. The van der Waals surface area contributed by atoms with E-state index < -0.39 is 13.4 Å². The van der Waals surface area contributed by atoms with Crippen LogP contribution in [0.5, 0.6) is 0 Å². The van der Waals surface area contributed by atoms with Gasteiger partial charge in [0.2, 0.25) is 0 Å². The van der Waals surface area contributed by atoms with Crippen molar-refractivity contribution in [3.8, 4) is 0 Å². The molecule has 4 nitrogen and oxygen atoms in total. The second-order valence-electron chi connectivity index (χ2n) is 2.11. The summed E-state index contributed by atoms with van der Waals surface area (Å²) in [6, 6.07) is 0. The van der Waals surface area contributed by atoms with Crippen molar-refractivity contribution in [2.24, 2.45) is 5.92 Å². The van der Waals surface area contributed by atoms with Crippen LogP contribution in [0.1, 0.15) is 13.8 Å². The van der Waals surface area contributed by atoms with Crippen molar-refractivity contribution in [2.45, 2.75) is 13.8 Å². The van der Waals surface area contributed by atoms with Gasteiger partial charge in [0, 0.05) is 0 Å². The van der Waals surface area contributed by atoms with E-state index in [1.165, 1.54) is 0 Å². The maximum absolute atomic E-state index is 9.94. The van der Waals surface area contributed by atoms with E-state index in [0.717, 1.165) is 0 Å². The summed E-state index contributed by atoms with van der Waals surface area (Å²) >= 11 is -4.88. The molecule has 5 heteroatoms. The molecule has 0 aliphatic rings. The number of rotatable bonds is 3. The van der Waals surface area contributed by atoms with E-state index in [9.17, 15) is 7.67 Å². The second-order valence-corrected chi connectivity index (χ2v) is 4.40. The molecule has 0 atom stereocenters. The molecular weight excluding hydrogens is 191 g/mol. The van der Waals surface area contributed by atoms with Crippen LogP contribution in [0.3, 0.4) is 0 Å². The SMILES string of the molecule is CC(C)CO[Se](=O)(=O)O. The predicted octanol–water partition coefficient (Wildman–Crippen LogP) is -0.0521. The van der Waals surface area contributed by atoms with Crippen LogP contribution in [-0.2, 0) is 11.5 Å². The third-order valence-electron chi connectivity index (χ3n) is 0.550. The third kappa shape index (κ3) is 8.04. The van der Waals surface area contributed by atoms with E-state index >= 15 is 0 Å². The summed E-state index contributed by atoms with van der Waals surface area (Å²) in [6.07, 6.45) is 0. The molecule has 0 bridgehead atoms. The number of hydrogen-bond donors (Lipinski definition) is 1. The van der Waals surface area contributed by atoms with Crippen LogP contribution in [0, 0.1) is 5.92 Å². The van der Waals surface area contributed by atoms with E-state index in [2.05, 4.69) is 3.82 Å². The van der Waals surface area contributed by atoms with Gasteiger partial charge in [-0.2, -0.15) is 0 Å². The molecule has 0 saturated heterocycles. The minimum absolute atomic E-state index is 0.0590. The Kier molecular flexibility index (Phi) is 3.28. The fourth-order valence-corrected chi connectivity index (χ4v) is 1.15. The van der Waals surface area contributed by atoms with Crippen LogP contribution in [0.2, 0.25) is 0 Å². The molecule has 0 aliphatic heterocycles. The molecule has 56 valence electrons. The average molecular weight is 201 g/mol. The Hall–Kier alpha value is 0.0395. The first-order valence-electron chi connectivity index (χ1n) is 2.53. The summed E-state index contributed by atoms with van der Waals surface area (Å²) in [6.45, 7) is 3.65. The molecule has 0 aromatic carbocycles. The van der Waals surface area contributed by atoms with Crippen molar-refractivity contribution < 1.29 is 15.7 Å². The van der Waals surface area contributed by atoms with Gasteiger partial charge in [-0.15, -0.1) is 0 Å². The van der Waals surface area contributed by atoms with Gasteiger partial charge in [0.05, 0.1) is 0 Å². The van der Waals surface area contributed by atoms with Gasteiger partial charge in [0.1, 0.15) is 0 Å². The van der Waals surface area contributed by atoms with Crippen molar-refractivity contribution >= 4 is 13.4 Å². The molecule has 0 fully saturated rings. The van der Waals surface area contributed by atoms with Crippen molar-refractivity contribution in [3.05, 3.63) is 0 Å². The Morgan fingerprint density at radius 2 is 2.00 bits per heavy atom. The summed E-state index contributed by atoms with van der Waals surface area (Å²) in [5.41, 5.74) is 0. The molecule has 0 aromatic rings. The van der Waals surface area contributed by atoms with Crippen LogP contribution in [-0.4, -0.2) is 24.2 Å². The summed E-state index contributed by atoms with van der Waals surface area (Å²) in [5, 5.41) is 0. The van der Waals surface area contributed by atoms with E-state index in [1.807, 2.05) is 0 Å². The van der Waals surface area contributed by atoms with E-state index in [-0.39, 0.29) is 12.5 Å². The molecule has 9 heavy (non-hydrogen) atoms. The molecule has 0 saturated carbocycles. The first kappa shape index (κ1) is 9.04. The zero-order valence-electron chi connectivity index (χ0n) is 5.36. The van der Waals surface area contributed by atoms with E-state index in [4.69, 9.17) is 4.19 Å². The Morgan fingerprint density at radius 1 is 1.56 bits per heavy atom. The van der Waals surface area contributed by atoms with Gasteiger partial charge in [-0.3, -0.25) is 0 Å². The van der Waals surface area contributed by atoms with Gasteiger partial charge in [-0.05, 0) is 0 Å². The molecule has 0 spiro atoms. The molecule has 0 amide bonds. The first-order valence-corrected chi connectivity index (χ1v) is 5.40. The zero-order chi connectivity index (χ0) is 7.49. The molecule has 0 rings (SSSR count). The van der Waals surface area contributed by atoms with Gasteiger partial charge >= 0.3 is 55.4 Å². The van der Waals surface area contributed by atoms with Crippen LogP contribution in [0.15, 0.2) is 0 Å². The fourth-order valence-electron chi connectivity index (χ4n) is 0.222. The summed E-state index contributed by atoms with van der Waals surface area (Å²) in [7, 11) is 0. The van der Waals surface area contributed by atoms with Gasteiger partial charge in [0.25, 0.3) is 0 Å². The summed E-state index contributed by atoms with van der Waals surface area (Å²) < 4.78 is 32.1. The molecule has 0 aliphatic carbocycles. The van der Waals surface area contributed by atoms with Crippen molar-refractivity contribution in [1.29, 1.82) is 0 Å². The van der Waals surface area contributed by atoms with Gasteiger partial charge in [-0.1, -0.05) is 0 Å². The van der Waals surface area contributed by atoms with E-state index in [1.54, 1.807) is 13.8 Å². The second kappa shape index (κ2) is 3.27. The Labute approximate surface area is 56.1 Å². The topological polar surface area (TPSA) is 63.6 Å². The molecule has 0 heterocycles. The van der Waals surface area contributed by atoms with Crippen molar-refractivity contribution in [2.75, 3.05) is 6.61 Å².